The Morgan fingerprint density at radius 2 is 2.00 bits per heavy atom. The number of likely N-dealkylation sites (tertiary alicyclic amines) is 1. The second-order valence-electron chi connectivity index (χ2n) is 9.15. The highest BCUT2D eigenvalue weighted by atomic mass is 79.9. The zero-order valence-electron chi connectivity index (χ0n) is 20.2. The van der Waals surface area contributed by atoms with E-state index in [2.05, 4.69) is 27.6 Å². The third-order valence-corrected chi connectivity index (χ3v) is 7.39. The van der Waals surface area contributed by atoms with Crippen molar-refractivity contribution in [2.45, 2.75) is 52.1 Å². The van der Waals surface area contributed by atoms with E-state index >= 15 is 0 Å². The molecule has 1 aliphatic heterocycles. The van der Waals surface area contributed by atoms with Gasteiger partial charge in [0, 0.05) is 16.0 Å². The van der Waals surface area contributed by atoms with Crippen molar-refractivity contribution in [3.05, 3.63) is 45.0 Å². The maximum Gasteiger partial charge on any atom is 0.423 e. The van der Waals surface area contributed by atoms with Crippen LogP contribution in [0.3, 0.4) is 0 Å². The molecule has 1 fully saturated rings. The fraction of sp³-hybridized carbons (Fsp3) is 0.500. The fourth-order valence-electron chi connectivity index (χ4n) is 5.32. The Labute approximate surface area is 213 Å². The number of carbonyl (C=O) groups excluding carboxylic acids is 3. The van der Waals surface area contributed by atoms with Crippen molar-refractivity contribution in [2.24, 2.45) is 17.8 Å². The highest BCUT2D eigenvalue weighted by Crippen LogP contribution is 2.46. The van der Waals surface area contributed by atoms with Crippen LogP contribution in [0.5, 0.6) is 5.75 Å². The minimum atomic E-state index is -1.03. The predicted octanol–water partition coefficient (Wildman–Crippen LogP) is 4.18. The van der Waals surface area contributed by atoms with Crippen LogP contribution in [0.15, 0.2) is 39.4 Å². The number of hydrogen-bond acceptors (Lipinski definition) is 7. The van der Waals surface area contributed by atoms with Crippen LogP contribution < -0.4 is 0 Å². The van der Waals surface area contributed by atoms with Gasteiger partial charge >= 0.3 is 6.09 Å². The molecule has 0 bridgehead atoms. The number of aliphatic hydroxyl groups excluding tert-OH is 2. The van der Waals surface area contributed by atoms with E-state index < -0.39 is 48.4 Å². The minimum absolute atomic E-state index is 0.166. The summed E-state index contributed by atoms with van der Waals surface area (Å²) < 4.78 is 5.44. The van der Waals surface area contributed by atoms with Crippen molar-refractivity contribution < 1.29 is 34.4 Å². The Hall–Kier alpha value is -2.49. The molecule has 1 aromatic carbocycles. The van der Waals surface area contributed by atoms with E-state index in [1.807, 2.05) is 12.1 Å². The minimum Gasteiger partial charge on any atom is -0.507 e. The number of carbonyl (C=O) groups is 3. The maximum atomic E-state index is 13.0. The normalized spacial score (nSPS) is 23.5. The van der Waals surface area contributed by atoms with Crippen LogP contribution in [-0.2, 0) is 14.3 Å². The zero-order chi connectivity index (χ0) is 25.9. The summed E-state index contributed by atoms with van der Waals surface area (Å²) in [7, 11) is 1.10. The number of rotatable bonds is 8. The molecule has 1 aromatic rings. The molecule has 0 unspecified atom stereocenters. The van der Waals surface area contributed by atoms with Gasteiger partial charge in [0.25, 0.3) is 0 Å². The van der Waals surface area contributed by atoms with Crippen LogP contribution in [0.4, 0.5) is 4.79 Å². The molecule has 2 aliphatic rings. The summed E-state index contributed by atoms with van der Waals surface area (Å²) in [6, 6.07) is 5.20. The molecule has 4 atom stereocenters. The number of ether oxygens (including phenoxy) is 1. The molecule has 9 heteroatoms. The third-order valence-electron chi connectivity index (χ3n) is 6.90. The Morgan fingerprint density at radius 3 is 2.63 bits per heavy atom. The summed E-state index contributed by atoms with van der Waals surface area (Å²) in [6.45, 7) is 3.41. The Balaban J connectivity index is 1.83. The highest BCUT2D eigenvalue weighted by molar-refractivity contribution is 9.10. The van der Waals surface area contributed by atoms with Gasteiger partial charge in [-0.05, 0) is 56.4 Å². The molecule has 1 heterocycles. The number of benzene rings is 1. The number of aliphatic hydroxyl groups is 2. The molecule has 3 amide bonds. The van der Waals surface area contributed by atoms with Gasteiger partial charge < -0.3 is 20.1 Å². The highest BCUT2D eigenvalue weighted by Gasteiger charge is 2.56. The quantitative estimate of drug-likeness (QED) is 0.328. The molecule has 1 saturated heterocycles. The smallest absolute Gasteiger partial charge is 0.423 e. The Kier molecular flexibility index (Phi) is 8.90. The molecular weight excluding hydrogens is 518 g/mol. The summed E-state index contributed by atoms with van der Waals surface area (Å²) in [6.07, 6.45) is 2.76. The summed E-state index contributed by atoms with van der Waals surface area (Å²) in [5, 5.41) is 31.6. The van der Waals surface area contributed by atoms with Gasteiger partial charge in [-0.3, -0.25) is 9.59 Å². The lowest BCUT2D eigenvalue weighted by Crippen LogP contribution is -2.39. The number of aromatic hydroxyl groups is 1. The van der Waals surface area contributed by atoms with Gasteiger partial charge in [-0.1, -0.05) is 46.5 Å². The Bertz CT molecular complexity index is 1060. The molecule has 3 N–H and O–H groups in total. The number of methoxy groups -OCH3 is 1. The average Bonchev–Trinajstić information content (AvgIpc) is 3.07. The number of nitrogens with zero attached hydrogens (tertiary/aromatic N) is 1. The number of halogens is 1. The molecular formula is C26H32BrNO7. The van der Waals surface area contributed by atoms with E-state index in [1.54, 1.807) is 19.1 Å². The van der Waals surface area contributed by atoms with Crippen molar-refractivity contribution in [2.75, 3.05) is 13.7 Å². The molecule has 3 rings (SSSR count). The van der Waals surface area contributed by atoms with Crippen molar-refractivity contribution in [3.8, 4) is 5.75 Å². The third kappa shape index (κ3) is 5.52. The standard InChI is InChI=1S/C26H32BrNO7/c1-4-5-15(11-16-12-17(27)7-9-20(16)30)6-8-21(31)22-14(2)10-18-23(19(22)13-29)25(33)28(24(18)32)26(34)35-3/h7,9,11-12,18-19,21,23,29-31H,4-6,8,10,13H2,1-3H3/b15-11+/t18-,19+,21-,23-/m1/s1. The van der Waals surface area contributed by atoms with Crippen LogP contribution in [0.2, 0.25) is 0 Å². The Morgan fingerprint density at radius 1 is 1.29 bits per heavy atom. The summed E-state index contributed by atoms with van der Waals surface area (Å²) in [5.41, 5.74) is 3.04. The SMILES string of the molecule is CCC/C(=C\c1cc(Br)ccc1O)CC[C@@H](O)C1=C(C)C[C@H]2C(=O)N(C(=O)OC)C(=O)[C@H]2[C@H]1CO. The summed E-state index contributed by atoms with van der Waals surface area (Å²) >= 11 is 3.42. The topological polar surface area (TPSA) is 124 Å². The summed E-state index contributed by atoms with van der Waals surface area (Å²) in [4.78, 5) is 38.2. The van der Waals surface area contributed by atoms with Crippen LogP contribution in [0, 0.1) is 17.8 Å². The van der Waals surface area contributed by atoms with Crippen molar-refractivity contribution in [3.63, 3.8) is 0 Å². The van der Waals surface area contributed by atoms with Gasteiger partial charge in [-0.15, -0.1) is 0 Å². The van der Waals surface area contributed by atoms with Crippen LogP contribution in [0.25, 0.3) is 6.08 Å². The first-order valence-corrected chi connectivity index (χ1v) is 12.6. The summed E-state index contributed by atoms with van der Waals surface area (Å²) in [5.74, 6) is -3.59. The first-order valence-electron chi connectivity index (χ1n) is 11.8. The number of amides is 3. The molecule has 1 aliphatic carbocycles. The van der Waals surface area contributed by atoms with Crippen LogP contribution >= 0.6 is 15.9 Å². The largest absolute Gasteiger partial charge is 0.507 e. The molecule has 190 valence electrons. The van der Waals surface area contributed by atoms with Gasteiger partial charge in [0.2, 0.25) is 11.8 Å². The number of imide groups is 3. The predicted molar refractivity (Wildman–Crippen MR) is 133 cm³/mol. The number of allylic oxidation sites excluding steroid dienone is 2. The van der Waals surface area contributed by atoms with Gasteiger partial charge in [0.05, 0.1) is 31.7 Å². The van der Waals surface area contributed by atoms with Gasteiger partial charge in [-0.2, -0.15) is 4.90 Å². The van der Waals surface area contributed by atoms with E-state index in [4.69, 9.17) is 0 Å². The monoisotopic (exact) mass is 549 g/mol. The molecule has 0 aromatic heterocycles. The molecule has 0 radical (unpaired) electrons. The fourth-order valence-corrected chi connectivity index (χ4v) is 5.70. The first-order chi connectivity index (χ1) is 16.6. The maximum absolute atomic E-state index is 13.0. The number of phenols is 1. The molecule has 8 nitrogen and oxygen atoms in total. The first kappa shape index (κ1) is 27.1. The van der Waals surface area contributed by atoms with Gasteiger partial charge in [0.15, 0.2) is 0 Å². The molecule has 35 heavy (non-hydrogen) atoms. The molecule has 0 saturated carbocycles. The number of phenolic OH excluding ortho intramolecular Hbond substituents is 1. The van der Waals surface area contributed by atoms with E-state index in [-0.39, 0.29) is 12.2 Å². The van der Waals surface area contributed by atoms with Gasteiger partial charge in [0.1, 0.15) is 5.75 Å². The average molecular weight is 550 g/mol. The van der Waals surface area contributed by atoms with E-state index in [1.165, 1.54) is 0 Å². The van der Waals surface area contributed by atoms with Crippen molar-refractivity contribution >= 4 is 39.9 Å². The van der Waals surface area contributed by atoms with Gasteiger partial charge in [-0.25, -0.2) is 4.79 Å². The van der Waals surface area contributed by atoms with Crippen molar-refractivity contribution in [1.29, 1.82) is 0 Å². The van der Waals surface area contributed by atoms with Crippen molar-refractivity contribution in [1.82, 2.24) is 4.90 Å². The van der Waals surface area contributed by atoms with E-state index in [0.717, 1.165) is 35.6 Å². The zero-order valence-corrected chi connectivity index (χ0v) is 21.7. The second-order valence-corrected chi connectivity index (χ2v) is 10.1. The number of fused-ring (bicyclic) bond motifs is 1. The lowest BCUT2D eigenvalue weighted by molar-refractivity contribution is -0.137. The number of hydrogen-bond donors (Lipinski definition) is 3. The molecule has 0 spiro atoms. The van der Waals surface area contributed by atoms with E-state index in [9.17, 15) is 29.7 Å². The second kappa shape index (κ2) is 11.5. The van der Waals surface area contributed by atoms with Crippen LogP contribution in [0.1, 0.15) is 51.5 Å². The van der Waals surface area contributed by atoms with E-state index in [0.29, 0.717) is 28.9 Å². The lowest BCUT2D eigenvalue weighted by atomic mass is 9.68. The van der Waals surface area contributed by atoms with Crippen LogP contribution in [-0.4, -0.2) is 57.9 Å². The lowest BCUT2D eigenvalue weighted by Gasteiger charge is -2.35.